The molecule has 2 aromatic carbocycles. The van der Waals surface area contributed by atoms with Gasteiger partial charge in [0.15, 0.2) is 11.5 Å². The summed E-state index contributed by atoms with van der Waals surface area (Å²) in [6.07, 6.45) is 1.40. The molecule has 0 heterocycles. The lowest BCUT2D eigenvalue weighted by atomic mass is 10.1. The van der Waals surface area contributed by atoms with Crippen molar-refractivity contribution < 1.29 is 23.8 Å². The Morgan fingerprint density at radius 2 is 1.62 bits per heavy atom. The number of ether oxygens (including phenoxy) is 3. The van der Waals surface area contributed by atoms with Crippen LogP contribution >= 0.6 is 23.2 Å². The van der Waals surface area contributed by atoms with Crippen LogP contribution in [0.2, 0.25) is 10.0 Å². The van der Waals surface area contributed by atoms with Gasteiger partial charge in [0.05, 0.1) is 31.9 Å². The molecule has 0 radical (unpaired) electrons. The molecule has 154 valence electrons. The molecule has 0 atom stereocenters. The van der Waals surface area contributed by atoms with E-state index in [4.69, 9.17) is 43.3 Å². The topological polar surface area (TPSA) is 112 Å². The van der Waals surface area contributed by atoms with E-state index in [1.807, 2.05) is 5.43 Å². The summed E-state index contributed by atoms with van der Waals surface area (Å²) in [6, 6.07) is 7.58. The van der Waals surface area contributed by atoms with Crippen LogP contribution in [0.3, 0.4) is 0 Å². The molecule has 2 rings (SSSR count). The largest absolute Gasteiger partial charge is 0.493 e. The van der Waals surface area contributed by atoms with Crippen molar-refractivity contribution in [3.05, 3.63) is 57.2 Å². The molecule has 2 aromatic rings. The Hall–Kier alpha value is -2.94. The standard InChI is InChI=1S/C19H19Cl2N3O5/c1-27-15-7-10(8-16(28-2)17(15)29-3)6-14(19(26)24-22)23-18(25)12-5-4-11(20)9-13(12)21/h4-9H,22H2,1-3H3,(H,23,25)(H,24,26)/b14-6+. The van der Waals surface area contributed by atoms with Crippen LogP contribution in [0.4, 0.5) is 0 Å². The van der Waals surface area contributed by atoms with Crippen molar-refractivity contribution in [1.29, 1.82) is 0 Å². The summed E-state index contributed by atoms with van der Waals surface area (Å²) < 4.78 is 15.8. The quantitative estimate of drug-likeness (QED) is 0.264. The molecule has 0 aliphatic carbocycles. The highest BCUT2D eigenvalue weighted by Crippen LogP contribution is 2.38. The third-order valence-electron chi connectivity index (χ3n) is 3.80. The molecule has 0 aliphatic rings. The molecule has 0 saturated carbocycles. The number of nitrogens with two attached hydrogens (primary N) is 1. The van der Waals surface area contributed by atoms with E-state index in [0.29, 0.717) is 27.8 Å². The average molecular weight is 440 g/mol. The van der Waals surface area contributed by atoms with E-state index in [1.54, 1.807) is 12.1 Å². The summed E-state index contributed by atoms with van der Waals surface area (Å²) >= 11 is 11.9. The predicted octanol–water partition coefficient (Wildman–Crippen LogP) is 2.78. The normalized spacial score (nSPS) is 10.9. The van der Waals surface area contributed by atoms with Crippen LogP contribution in [0.15, 0.2) is 36.0 Å². The smallest absolute Gasteiger partial charge is 0.281 e. The molecule has 10 heteroatoms. The molecule has 0 fully saturated rings. The molecule has 29 heavy (non-hydrogen) atoms. The highest BCUT2D eigenvalue weighted by Gasteiger charge is 2.18. The first kappa shape index (κ1) is 22.4. The maximum atomic E-state index is 12.6. The highest BCUT2D eigenvalue weighted by atomic mass is 35.5. The third-order valence-corrected chi connectivity index (χ3v) is 4.35. The zero-order valence-corrected chi connectivity index (χ0v) is 17.4. The van der Waals surface area contributed by atoms with Crippen molar-refractivity contribution in [2.45, 2.75) is 0 Å². The molecular weight excluding hydrogens is 421 g/mol. The average Bonchev–Trinajstić information content (AvgIpc) is 2.71. The first-order chi connectivity index (χ1) is 13.8. The molecular formula is C19H19Cl2N3O5. The zero-order chi connectivity index (χ0) is 21.6. The third kappa shape index (κ3) is 5.32. The van der Waals surface area contributed by atoms with E-state index in [2.05, 4.69) is 5.32 Å². The van der Waals surface area contributed by atoms with E-state index >= 15 is 0 Å². The number of hydrogen-bond donors (Lipinski definition) is 3. The number of halogens is 2. The van der Waals surface area contributed by atoms with Crippen LogP contribution in [-0.2, 0) is 4.79 Å². The fraction of sp³-hybridized carbons (Fsp3) is 0.158. The van der Waals surface area contributed by atoms with Crippen molar-refractivity contribution in [2.75, 3.05) is 21.3 Å². The Morgan fingerprint density at radius 3 is 2.10 bits per heavy atom. The highest BCUT2D eigenvalue weighted by molar-refractivity contribution is 6.36. The van der Waals surface area contributed by atoms with Gasteiger partial charge in [-0.05, 0) is 42.0 Å². The van der Waals surface area contributed by atoms with Crippen molar-refractivity contribution in [3.8, 4) is 17.2 Å². The van der Waals surface area contributed by atoms with Crippen molar-refractivity contribution in [1.82, 2.24) is 10.7 Å². The number of benzene rings is 2. The fourth-order valence-corrected chi connectivity index (χ4v) is 2.95. The number of methoxy groups -OCH3 is 3. The molecule has 4 N–H and O–H groups in total. The Morgan fingerprint density at radius 1 is 1.00 bits per heavy atom. The molecule has 0 aliphatic heterocycles. The second kappa shape index (κ2) is 10.0. The van der Waals surface area contributed by atoms with E-state index in [-0.39, 0.29) is 16.3 Å². The van der Waals surface area contributed by atoms with Gasteiger partial charge in [-0.25, -0.2) is 5.84 Å². The Kier molecular flexibility index (Phi) is 7.72. The molecule has 0 aromatic heterocycles. The van der Waals surface area contributed by atoms with E-state index in [1.165, 1.54) is 45.6 Å². The number of hydrazine groups is 1. The number of nitrogens with one attached hydrogen (secondary N) is 2. The SMILES string of the molecule is COc1cc(/C=C(/NC(=O)c2ccc(Cl)cc2Cl)C(=O)NN)cc(OC)c1OC. The van der Waals surface area contributed by atoms with Gasteiger partial charge in [0.1, 0.15) is 5.70 Å². The fourth-order valence-electron chi connectivity index (χ4n) is 2.45. The number of amides is 2. The maximum Gasteiger partial charge on any atom is 0.281 e. The van der Waals surface area contributed by atoms with Crippen molar-refractivity contribution >= 4 is 41.1 Å². The van der Waals surface area contributed by atoms with Gasteiger partial charge in [-0.2, -0.15) is 0 Å². The van der Waals surface area contributed by atoms with Gasteiger partial charge in [-0.1, -0.05) is 23.2 Å². The molecule has 8 nitrogen and oxygen atoms in total. The molecule has 0 unspecified atom stereocenters. The number of carbonyl (C=O) groups is 2. The summed E-state index contributed by atoms with van der Waals surface area (Å²) in [5.74, 6) is 5.03. The lowest BCUT2D eigenvalue weighted by molar-refractivity contribution is -0.117. The minimum Gasteiger partial charge on any atom is -0.493 e. The lowest BCUT2D eigenvalue weighted by Gasteiger charge is -2.14. The van der Waals surface area contributed by atoms with Gasteiger partial charge in [0.25, 0.3) is 11.8 Å². The van der Waals surface area contributed by atoms with Crippen molar-refractivity contribution in [2.24, 2.45) is 5.84 Å². The Balaban J connectivity index is 2.46. The molecule has 2 amide bonds. The van der Waals surface area contributed by atoms with Crippen molar-refractivity contribution in [3.63, 3.8) is 0 Å². The minimum absolute atomic E-state index is 0.127. The zero-order valence-electron chi connectivity index (χ0n) is 15.8. The number of carbonyl (C=O) groups excluding carboxylic acids is 2. The number of rotatable bonds is 7. The summed E-state index contributed by atoms with van der Waals surface area (Å²) in [4.78, 5) is 24.8. The molecule has 0 bridgehead atoms. The summed E-state index contributed by atoms with van der Waals surface area (Å²) in [7, 11) is 4.39. The minimum atomic E-state index is -0.725. The van der Waals surface area contributed by atoms with Gasteiger partial charge in [0, 0.05) is 5.02 Å². The van der Waals surface area contributed by atoms with Crippen LogP contribution in [-0.4, -0.2) is 33.1 Å². The van der Waals surface area contributed by atoms with Crippen LogP contribution in [0.1, 0.15) is 15.9 Å². The summed E-state index contributed by atoms with van der Waals surface area (Å²) in [6.45, 7) is 0. The Labute approximate surface area is 177 Å². The Bertz CT molecular complexity index is 938. The first-order valence-corrected chi connectivity index (χ1v) is 8.89. The van der Waals surface area contributed by atoms with Gasteiger partial charge in [-0.15, -0.1) is 0 Å². The second-order valence-electron chi connectivity index (χ2n) is 5.57. The van der Waals surface area contributed by atoms with Crippen LogP contribution in [0.5, 0.6) is 17.2 Å². The van der Waals surface area contributed by atoms with Crippen LogP contribution < -0.4 is 30.8 Å². The number of hydrogen-bond acceptors (Lipinski definition) is 6. The lowest BCUT2D eigenvalue weighted by Crippen LogP contribution is -2.38. The van der Waals surface area contributed by atoms with Crippen LogP contribution in [0.25, 0.3) is 6.08 Å². The van der Waals surface area contributed by atoms with Gasteiger partial charge < -0.3 is 19.5 Å². The summed E-state index contributed by atoms with van der Waals surface area (Å²) in [5.41, 5.74) is 2.48. The van der Waals surface area contributed by atoms with E-state index in [9.17, 15) is 9.59 Å². The van der Waals surface area contributed by atoms with E-state index < -0.39 is 11.8 Å². The van der Waals surface area contributed by atoms with E-state index in [0.717, 1.165) is 0 Å². The summed E-state index contributed by atoms with van der Waals surface area (Å²) in [5, 5.41) is 3.00. The molecule has 0 spiro atoms. The van der Waals surface area contributed by atoms with Crippen LogP contribution in [0, 0.1) is 0 Å². The maximum absolute atomic E-state index is 12.6. The van der Waals surface area contributed by atoms with Gasteiger partial charge in [0.2, 0.25) is 5.75 Å². The van der Waals surface area contributed by atoms with Gasteiger partial charge in [-0.3, -0.25) is 15.0 Å². The first-order valence-electron chi connectivity index (χ1n) is 8.13. The second-order valence-corrected chi connectivity index (χ2v) is 6.41. The monoisotopic (exact) mass is 439 g/mol. The van der Waals surface area contributed by atoms with Gasteiger partial charge >= 0.3 is 0 Å². The molecule has 0 saturated heterocycles. The predicted molar refractivity (Wildman–Crippen MR) is 110 cm³/mol.